The predicted octanol–water partition coefficient (Wildman–Crippen LogP) is 6.94. The van der Waals surface area contributed by atoms with E-state index >= 15 is 4.39 Å². The molecule has 1 aromatic heterocycles. The van der Waals surface area contributed by atoms with Gasteiger partial charge in [-0.2, -0.15) is 0 Å². The molecule has 0 aliphatic carbocycles. The Kier molecular flexibility index (Phi) is 8.13. The molecular formula is C29H27F4NO. The third-order valence-electron chi connectivity index (χ3n) is 6.19. The first kappa shape index (κ1) is 24.9. The van der Waals surface area contributed by atoms with Crippen molar-refractivity contribution >= 4 is 10.8 Å². The van der Waals surface area contributed by atoms with Crippen molar-refractivity contribution in [2.24, 2.45) is 0 Å². The summed E-state index contributed by atoms with van der Waals surface area (Å²) >= 11 is 0. The van der Waals surface area contributed by atoms with Gasteiger partial charge in [0.25, 0.3) is 0 Å². The maximum absolute atomic E-state index is 15.1. The molecule has 4 rings (SSSR count). The molecule has 0 radical (unpaired) electrons. The molecule has 3 aromatic carbocycles. The number of nitrogens with zero attached hydrogens (tertiary/aromatic N) is 1. The van der Waals surface area contributed by atoms with Crippen LogP contribution in [0.25, 0.3) is 10.8 Å². The van der Waals surface area contributed by atoms with Crippen LogP contribution in [-0.2, 0) is 36.8 Å². The first-order chi connectivity index (χ1) is 16.9. The largest absolute Gasteiger partial charge is 0.385 e. The number of ether oxygens (including phenoxy) is 1. The number of pyridine rings is 1. The van der Waals surface area contributed by atoms with Gasteiger partial charge in [0.2, 0.25) is 0 Å². The third-order valence-corrected chi connectivity index (χ3v) is 6.19. The molecular weight excluding hydrogens is 454 g/mol. The van der Waals surface area contributed by atoms with Gasteiger partial charge >= 0.3 is 0 Å². The number of aryl methyl sites for hydroxylation is 5. The van der Waals surface area contributed by atoms with Gasteiger partial charge in [-0.15, -0.1) is 0 Å². The lowest BCUT2D eigenvalue weighted by atomic mass is 9.97. The van der Waals surface area contributed by atoms with E-state index in [9.17, 15) is 13.2 Å². The smallest absolute Gasteiger partial charge is 0.194 e. The zero-order chi connectivity index (χ0) is 24.8. The highest BCUT2D eigenvalue weighted by Gasteiger charge is 2.13. The normalized spacial score (nSPS) is 11.3. The standard InChI is InChI=1S/C29H27F4NO/c1-35-14-2-3-20-6-12-24(34-18-20)11-5-19-7-13-25-23(15-19)10-9-22(28(25)32)8-4-21-16-26(30)29(33)27(31)17-21/h6-7,9-10,12-13,15-18H,2-5,8,11,14H2,1H3. The molecule has 1 heterocycles. The summed E-state index contributed by atoms with van der Waals surface area (Å²) in [5.74, 6) is -4.31. The number of aromatic nitrogens is 1. The van der Waals surface area contributed by atoms with Crippen molar-refractivity contribution in [3.8, 4) is 0 Å². The van der Waals surface area contributed by atoms with E-state index in [-0.39, 0.29) is 24.2 Å². The molecule has 0 atom stereocenters. The van der Waals surface area contributed by atoms with Crippen LogP contribution in [0.1, 0.15) is 34.4 Å². The Hall–Kier alpha value is -3.25. The predicted molar refractivity (Wildman–Crippen MR) is 129 cm³/mol. The van der Waals surface area contributed by atoms with E-state index in [1.165, 1.54) is 5.56 Å². The molecule has 0 spiro atoms. The number of rotatable bonds is 10. The lowest BCUT2D eigenvalue weighted by molar-refractivity contribution is 0.195. The summed E-state index contributed by atoms with van der Waals surface area (Å²) in [6, 6.07) is 15.3. The van der Waals surface area contributed by atoms with E-state index in [4.69, 9.17) is 4.74 Å². The molecule has 0 saturated carbocycles. The summed E-state index contributed by atoms with van der Waals surface area (Å²) < 4.78 is 60.2. The molecule has 0 aliphatic rings. The average molecular weight is 482 g/mol. The van der Waals surface area contributed by atoms with Crippen molar-refractivity contribution in [1.82, 2.24) is 4.98 Å². The second-order valence-electron chi connectivity index (χ2n) is 8.72. The van der Waals surface area contributed by atoms with Gasteiger partial charge in [-0.3, -0.25) is 4.98 Å². The zero-order valence-electron chi connectivity index (χ0n) is 19.6. The SMILES string of the molecule is COCCCc1ccc(CCc2ccc3c(F)c(CCc4cc(F)c(F)c(F)c4)ccc3c2)nc1. The summed E-state index contributed by atoms with van der Waals surface area (Å²) in [6.07, 6.45) is 5.85. The van der Waals surface area contributed by atoms with E-state index in [0.29, 0.717) is 10.9 Å². The van der Waals surface area contributed by atoms with Gasteiger partial charge in [0.15, 0.2) is 17.5 Å². The minimum absolute atomic E-state index is 0.201. The average Bonchev–Trinajstić information content (AvgIpc) is 2.86. The quantitative estimate of drug-likeness (QED) is 0.139. The number of benzene rings is 3. The highest BCUT2D eigenvalue weighted by atomic mass is 19.2. The van der Waals surface area contributed by atoms with E-state index in [0.717, 1.165) is 61.1 Å². The van der Waals surface area contributed by atoms with Gasteiger partial charge in [-0.25, -0.2) is 17.6 Å². The Labute approximate surface area is 202 Å². The molecule has 0 aliphatic heterocycles. The topological polar surface area (TPSA) is 22.1 Å². The van der Waals surface area contributed by atoms with Crippen LogP contribution in [-0.4, -0.2) is 18.7 Å². The Morgan fingerprint density at radius 1 is 0.686 bits per heavy atom. The van der Waals surface area contributed by atoms with Crippen LogP contribution in [0, 0.1) is 23.3 Å². The van der Waals surface area contributed by atoms with Crippen molar-refractivity contribution in [3.05, 3.63) is 112 Å². The Morgan fingerprint density at radius 2 is 1.43 bits per heavy atom. The summed E-state index contributed by atoms with van der Waals surface area (Å²) in [7, 11) is 1.70. The van der Waals surface area contributed by atoms with Gasteiger partial charge in [0.1, 0.15) is 5.82 Å². The van der Waals surface area contributed by atoms with Crippen LogP contribution < -0.4 is 0 Å². The molecule has 0 fully saturated rings. The highest BCUT2D eigenvalue weighted by Crippen LogP contribution is 2.25. The van der Waals surface area contributed by atoms with Crippen LogP contribution in [0.2, 0.25) is 0 Å². The fraction of sp³-hybridized carbons (Fsp3) is 0.276. The summed E-state index contributed by atoms with van der Waals surface area (Å²) in [6.45, 7) is 0.736. The fourth-order valence-electron chi connectivity index (χ4n) is 4.21. The lowest BCUT2D eigenvalue weighted by Crippen LogP contribution is -2.00. The number of hydrogen-bond donors (Lipinski definition) is 0. The number of fused-ring (bicyclic) bond motifs is 1. The van der Waals surface area contributed by atoms with E-state index in [1.54, 1.807) is 19.2 Å². The molecule has 0 bridgehead atoms. The van der Waals surface area contributed by atoms with Crippen molar-refractivity contribution in [3.63, 3.8) is 0 Å². The number of halogens is 4. The van der Waals surface area contributed by atoms with Gasteiger partial charge in [0, 0.05) is 31.0 Å². The third kappa shape index (κ3) is 6.25. The van der Waals surface area contributed by atoms with Crippen molar-refractivity contribution in [2.45, 2.75) is 38.5 Å². The molecule has 6 heteroatoms. The Morgan fingerprint density at radius 3 is 2.14 bits per heavy atom. The molecule has 0 amide bonds. The van der Waals surface area contributed by atoms with Crippen LogP contribution in [0.4, 0.5) is 17.6 Å². The number of methoxy groups -OCH3 is 1. The van der Waals surface area contributed by atoms with Crippen molar-refractivity contribution in [1.29, 1.82) is 0 Å². The lowest BCUT2D eigenvalue weighted by Gasteiger charge is -2.09. The Bertz CT molecular complexity index is 1280. The monoisotopic (exact) mass is 481 g/mol. The molecule has 2 nitrogen and oxygen atoms in total. The molecule has 35 heavy (non-hydrogen) atoms. The first-order valence-electron chi connectivity index (χ1n) is 11.7. The fourth-order valence-corrected chi connectivity index (χ4v) is 4.21. The maximum atomic E-state index is 15.1. The maximum Gasteiger partial charge on any atom is 0.194 e. The zero-order valence-corrected chi connectivity index (χ0v) is 19.6. The number of hydrogen-bond acceptors (Lipinski definition) is 2. The van der Waals surface area contributed by atoms with E-state index < -0.39 is 17.5 Å². The van der Waals surface area contributed by atoms with E-state index in [1.807, 2.05) is 30.5 Å². The van der Waals surface area contributed by atoms with Crippen LogP contribution in [0.5, 0.6) is 0 Å². The minimum Gasteiger partial charge on any atom is -0.385 e. The molecule has 182 valence electrons. The van der Waals surface area contributed by atoms with Gasteiger partial charge in [-0.1, -0.05) is 36.4 Å². The molecule has 0 unspecified atom stereocenters. The first-order valence-corrected chi connectivity index (χ1v) is 11.7. The molecule has 0 N–H and O–H groups in total. The van der Waals surface area contributed by atoms with Crippen LogP contribution in [0.15, 0.2) is 60.8 Å². The minimum atomic E-state index is -1.49. The summed E-state index contributed by atoms with van der Waals surface area (Å²) in [4.78, 5) is 4.55. The molecule has 4 aromatic rings. The van der Waals surface area contributed by atoms with Crippen LogP contribution >= 0.6 is 0 Å². The summed E-state index contributed by atoms with van der Waals surface area (Å²) in [5, 5.41) is 1.30. The second kappa shape index (κ2) is 11.5. The molecule has 0 saturated heterocycles. The second-order valence-corrected chi connectivity index (χ2v) is 8.72. The van der Waals surface area contributed by atoms with Crippen molar-refractivity contribution in [2.75, 3.05) is 13.7 Å². The van der Waals surface area contributed by atoms with Gasteiger partial charge in [-0.05, 0) is 84.4 Å². The van der Waals surface area contributed by atoms with Gasteiger partial charge in [0.05, 0.1) is 0 Å². The van der Waals surface area contributed by atoms with E-state index in [2.05, 4.69) is 11.1 Å². The summed E-state index contributed by atoms with van der Waals surface area (Å²) in [5.41, 5.74) is 4.03. The highest BCUT2D eigenvalue weighted by molar-refractivity contribution is 5.84. The van der Waals surface area contributed by atoms with Gasteiger partial charge < -0.3 is 4.74 Å². The Balaban J connectivity index is 1.39. The van der Waals surface area contributed by atoms with Crippen molar-refractivity contribution < 1.29 is 22.3 Å². The van der Waals surface area contributed by atoms with Crippen LogP contribution in [0.3, 0.4) is 0 Å².